The van der Waals surface area contributed by atoms with Gasteiger partial charge >= 0.3 is 5.97 Å². The molecule has 1 heterocycles. The maximum atomic E-state index is 10.6. The molecule has 2 rings (SSSR count). The van der Waals surface area contributed by atoms with E-state index in [0.29, 0.717) is 16.5 Å². The summed E-state index contributed by atoms with van der Waals surface area (Å²) in [5.74, 6) is -0.176. The quantitative estimate of drug-likeness (QED) is 0.910. The lowest BCUT2D eigenvalue weighted by atomic mass is 10.2. The Labute approximate surface area is 103 Å². The number of aromatic nitrogens is 2. The van der Waals surface area contributed by atoms with Gasteiger partial charge in [-0.2, -0.15) is 0 Å². The van der Waals surface area contributed by atoms with E-state index in [1.807, 2.05) is 19.2 Å². The fourth-order valence-corrected chi connectivity index (χ4v) is 1.85. The van der Waals surface area contributed by atoms with Crippen molar-refractivity contribution in [3.63, 3.8) is 0 Å². The predicted molar refractivity (Wildman–Crippen MR) is 65.0 cm³/mol. The van der Waals surface area contributed by atoms with Crippen LogP contribution in [-0.4, -0.2) is 20.6 Å². The number of aryl methyl sites for hydroxylation is 1. The fourth-order valence-electron chi connectivity index (χ4n) is 1.66. The highest BCUT2D eigenvalue weighted by molar-refractivity contribution is 6.30. The number of carboxylic acid groups (broad SMARTS) is 1. The number of imidazole rings is 1. The minimum atomic E-state index is -0.888. The van der Waals surface area contributed by atoms with Crippen LogP contribution in [-0.2, 0) is 18.3 Å². The van der Waals surface area contributed by atoms with E-state index in [1.165, 1.54) is 0 Å². The zero-order valence-electron chi connectivity index (χ0n) is 9.22. The van der Waals surface area contributed by atoms with Gasteiger partial charge in [0.1, 0.15) is 5.82 Å². The summed E-state index contributed by atoms with van der Waals surface area (Å²) >= 11 is 5.91. The van der Waals surface area contributed by atoms with Gasteiger partial charge in [-0.05, 0) is 12.1 Å². The third kappa shape index (κ3) is 2.65. The van der Waals surface area contributed by atoms with Gasteiger partial charge < -0.3 is 9.67 Å². The molecule has 4 nitrogen and oxygen atoms in total. The van der Waals surface area contributed by atoms with Crippen LogP contribution in [0.5, 0.6) is 0 Å². The van der Waals surface area contributed by atoms with Crippen LogP contribution in [0.1, 0.15) is 5.69 Å². The monoisotopic (exact) mass is 250 g/mol. The van der Waals surface area contributed by atoms with E-state index >= 15 is 0 Å². The number of hydrogen-bond donors (Lipinski definition) is 1. The first-order valence-corrected chi connectivity index (χ1v) is 5.44. The van der Waals surface area contributed by atoms with Crippen molar-refractivity contribution in [3.8, 4) is 11.4 Å². The number of nitrogens with zero attached hydrogens (tertiary/aromatic N) is 2. The van der Waals surface area contributed by atoms with Gasteiger partial charge in [0.05, 0.1) is 12.1 Å². The lowest BCUT2D eigenvalue weighted by Gasteiger charge is -2.01. The average Bonchev–Trinajstić information content (AvgIpc) is 2.58. The summed E-state index contributed by atoms with van der Waals surface area (Å²) in [4.78, 5) is 14.9. The van der Waals surface area contributed by atoms with Crippen LogP contribution in [0.25, 0.3) is 11.4 Å². The summed E-state index contributed by atoms with van der Waals surface area (Å²) in [6.07, 6.45) is 1.64. The predicted octanol–water partition coefficient (Wildman–Crippen LogP) is 2.37. The Balaban J connectivity index is 2.39. The van der Waals surface area contributed by atoms with Crippen molar-refractivity contribution < 1.29 is 9.90 Å². The molecule has 0 saturated carbocycles. The highest BCUT2D eigenvalue weighted by Gasteiger charge is 2.10. The van der Waals surface area contributed by atoms with Crippen LogP contribution in [0.15, 0.2) is 30.5 Å². The van der Waals surface area contributed by atoms with E-state index in [0.717, 1.165) is 5.56 Å². The zero-order chi connectivity index (χ0) is 12.4. The highest BCUT2D eigenvalue weighted by atomic mass is 35.5. The van der Waals surface area contributed by atoms with Crippen LogP contribution in [0, 0.1) is 0 Å². The molecule has 1 aromatic heterocycles. The third-order valence-electron chi connectivity index (χ3n) is 2.34. The van der Waals surface area contributed by atoms with Gasteiger partial charge in [0, 0.05) is 23.8 Å². The standard InChI is InChI=1S/C12H11ClN2O2/c1-15-7-10(6-11(16)17)14-12(15)8-3-2-4-9(13)5-8/h2-5,7H,6H2,1H3,(H,16,17). The van der Waals surface area contributed by atoms with Gasteiger partial charge in [0.15, 0.2) is 0 Å². The van der Waals surface area contributed by atoms with Gasteiger partial charge in [-0.3, -0.25) is 4.79 Å². The Bertz CT molecular complexity index is 563. The zero-order valence-corrected chi connectivity index (χ0v) is 9.98. The van der Waals surface area contributed by atoms with E-state index in [9.17, 15) is 4.79 Å². The Morgan fingerprint density at radius 2 is 2.29 bits per heavy atom. The first-order valence-electron chi connectivity index (χ1n) is 5.06. The number of halogens is 1. The summed E-state index contributed by atoms with van der Waals surface area (Å²) in [5.41, 5.74) is 1.41. The third-order valence-corrected chi connectivity index (χ3v) is 2.58. The first-order chi connectivity index (χ1) is 8.06. The lowest BCUT2D eigenvalue weighted by molar-refractivity contribution is -0.136. The first kappa shape index (κ1) is 11.7. The number of aliphatic carboxylic acids is 1. The molecule has 1 aromatic carbocycles. The molecule has 17 heavy (non-hydrogen) atoms. The number of rotatable bonds is 3. The Kier molecular flexibility index (Phi) is 3.15. The fraction of sp³-hybridized carbons (Fsp3) is 0.167. The van der Waals surface area contributed by atoms with Gasteiger partial charge in [-0.1, -0.05) is 23.7 Å². The van der Waals surface area contributed by atoms with Crippen molar-refractivity contribution in [2.24, 2.45) is 7.05 Å². The molecule has 0 aliphatic carbocycles. The molecule has 0 atom stereocenters. The molecule has 0 aliphatic heterocycles. The second-order valence-electron chi connectivity index (χ2n) is 3.75. The smallest absolute Gasteiger partial charge is 0.309 e. The molecule has 0 amide bonds. The molecular weight excluding hydrogens is 240 g/mol. The van der Waals surface area contributed by atoms with E-state index in [1.54, 1.807) is 22.9 Å². The van der Waals surface area contributed by atoms with Crippen molar-refractivity contribution >= 4 is 17.6 Å². The van der Waals surface area contributed by atoms with Crippen LogP contribution < -0.4 is 0 Å². The highest BCUT2D eigenvalue weighted by Crippen LogP contribution is 2.21. The Morgan fingerprint density at radius 3 is 2.94 bits per heavy atom. The average molecular weight is 251 g/mol. The Hall–Kier alpha value is -1.81. The van der Waals surface area contributed by atoms with E-state index in [4.69, 9.17) is 16.7 Å². The maximum absolute atomic E-state index is 10.6. The van der Waals surface area contributed by atoms with Crippen LogP contribution in [0.2, 0.25) is 5.02 Å². The second kappa shape index (κ2) is 4.59. The van der Waals surface area contributed by atoms with Crippen molar-refractivity contribution in [2.75, 3.05) is 0 Å². The van der Waals surface area contributed by atoms with Gasteiger partial charge in [-0.25, -0.2) is 4.98 Å². The van der Waals surface area contributed by atoms with Crippen LogP contribution in [0.4, 0.5) is 0 Å². The number of benzene rings is 1. The summed E-state index contributed by atoms with van der Waals surface area (Å²) in [6, 6.07) is 7.31. The number of hydrogen-bond acceptors (Lipinski definition) is 2. The summed E-state index contributed by atoms with van der Waals surface area (Å²) in [7, 11) is 1.83. The summed E-state index contributed by atoms with van der Waals surface area (Å²) < 4.78 is 1.80. The minimum absolute atomic E-state index is 0.0750. The molecule has 0 fully saturated rings. The molecular formula is C12H11ClN2O2. The van der Waals surface area contributed by atoms with Gasteiger partial charge in [-0.15, -0.1) is 0 Å². The van der Waals surface area contributed by atoms with E-state index in [-0.39, 0.29) is 6.42 Å². The largest absolute Gasteiger partial charge is 0.481 e. The maximum Gasteiger partial charge on any atom is 0.309 e. The molecule has 0 spiro atoms. The van der Waals surface area contributed by atoms with Crippen LogP contribution in [0.3, 0.4) is 0 Å². The Morgan fingerprint density at radius 1 is 1.53 bits per heavy atom. The van der Waals surface area contributed by atoms with Gasteiger partial charge in [0.2, 0.25) is 0 Å². The van der Waals surface area contributed by atoms with Crippen molar-refractivity contribution in [2.45, 2.75) is 6.42 Å². The molecule has 1 N–H and O–H groups in total. The molecule has 88 valence electrons. The number of carbonyl (C=O) groups is 1. The van der Waals surface area contributed by atoms with Crippen molar-refractivity contribution in [3.05, 3.63) is 41.2 Å². The van der Waals surface area contributed by atoms with Crippen LogP contribution >= 0.6 is 11.6 Å². The summed E-state index contributed by atoms with van der Waals surface area (Å²) in [5, 5.41) is 9.34. The SMILES string of the molecule is Cn1cc(CC(=O)O)nc1-c1cccc(Cl)c1. The second-order valence-corrected chi connectivity index (χ2v) is 4.18. The molecule has 0 saturated heterocycles. The molecule has 2 aromatic rings. The molecule has 0 unspecified atom stereocenters. The molecule has 0 bridgehead atoms. The van der Waals surface area contributed by atoms with Gasteiger partial charge in [0.25, 0.3) is 0 Å². The molecule has 0 aliphatic rings. The van der Waals surface area contributed by atoms with Crippen molar-refractivity contribution in [1.82, 2.24) is 9.55 Å². The lowest BCUT2D eigenvalue weighted by Crippen LogP contribution is -1.99. The molecule has 5 heteroatoms. The topological polar surface area (TPSA) is 55.1 Å². The van der Waals surface area contributed by atoms with Crippen molar-refractivity contribution in [1.29, 1.82) is 0 Å². The minimum Gasteiger partial charge on any atom is -0.481 e. The van der Waals surface area contributed by atoms with E-state index in [2.05, 4.69) is 4.98 Å². The summed E-state index contributed by atoms with van der Waals surface area (Å²) in [6.45, 7) is 0. The number of carboxylic acids is 1. The molecule has 0 radical (unpaired) electrons. The van der Waals surface area contributed by atoms with E-state index < -0.39 is 5.97 Å². The normalized spacial score (nSPS) is 10.5.